The van der Waals surface area contributed by atoms with Gasteiger partial charge in [0.05, 0.1) is 16.3 Å². The lowest BCUT2D eigenvalue weighted by Gasteiger charge is -2.20. The number of carbonyl (C=O) groups excluding carboxylic acids is 1. The lowest BCUT2D eigenvalue weighted by Crippen LogP contribution is -2.30. The first-order chi connectivity index (χ1) is 15.1. The van der Waals surface area contributed by atoms with E-state index in [-0.39, 0.29) is 11.9 Å². The molecule has 0 aliphatic carbocycles. The van der Waals surface area contributed by atoms with Gasteiger partial charge in [0.15, 0.2) is 0 Å². The van der Waals surface area contributed by atoms with E-state index in [4.69, 9.17) is 0 Å². The van der Waals surface area contributed by atoms with Crippen LogP contribution in [0.1, 0.15) is 52.0 Å². The zero-order valence-corrected chi connectivity index (χ0v) is 19.5. The molecule has 4 aromatic heterocycles. The molecule has 1 atom stereocenters. The summed E-state index contributed by atoms with van der Waals surface area (Å²) in [7, 11) is 0. The Bertz CT molecular complexity index is 1160. The number of nitrogens with zero attached hydrogens (tertiary/aromatic N) is 4. The Hall–Kier alpha value is -2.84. The van der Waals surface area contributed by atoms with Crippen molar-refractivity contribution < 1.29 is 4.79 Å². The Morgan fingerprint density at radius 3 is 2.68 bits per heavy atom. The molecule has 0 aliphatic heterocycles. The maximum Gasteiger partial charge on any atom is 0.264 e. The fourth-order valence-electron chi connectivity index (χ4n) is 3.59. The minimum absolute atomic E-state index is 0.0241. The predicted octanol–water partition coefficient (Wildman–Crippen LogP) is 5.68. The number of hydrogen-bond donors (Lipinski definition) is 1. The van der Waals surface area contributed by atoms with E-state index >= 15 is 0 Å². The number of rotatable bonds is 8. The number of anilines is 1. The molecule has 4 rings (SSSR count). The zero-order chi connectivity index (χ0) is 21.8. The van der Waals surface area contributed by atoms with E-state index in [1.165, 1.54) is 16.2 Å². The van der Waals surface area contributed by atoms with E-state index in [9.17, 15) is 4.79 Å². The van der Waals surface area contributed by atoms with Gasteiger partial charge in [-0.05, 0) is 55.0 Å². The summed E-state index contributed by atoms with van der Waals surface area (Å²) in [5.41, 5.74) is 2.00. The largest absolute Gasteiger partial charge is 0.362 e. The molecule has 0 aromatic carbocycles. The summed E-state index contributed by atoms with van der Waals surface area (Å²) in [5.74, 6) is 0.811. The lowest BCUT2D eigenvalue weighted by molar-refractivity contribution is 0.0757. The zero-order valence-electron chi connectivity index (χ0n) is 17.8. The molecule has 0 aliphatic rings. The molecule has 31 heavy (non-hydrogen) atoms. The summed E-state index contributed by atoms with van der Waals surface area (Å²) >= 11 is 3.17. The van der Waals surface area contributed by atoms with Gasteiger partial charge in [-0.2, -0.15) is 0 Å². The van der Waals surface area contributed by atoms with Crippen molar-refractivity contribution in [1.29, 1.82) is 0 Å². The third-order valence-electron chi connectivity index (χ3n) is 5.32. The van der Waals surface area contributed by atoms with Gasteiger partial charge in [-0.15, -0.1) is 22.7 Å². The van der Waals surface area contributed by atoms with Crippen molar-refractivity contribution in [3.05, 3.63) is 69.2 Å². The number of hydrogen-bond acceptors (Lipinski definition) is 7. The normalized spacial score (nSPS) is 12.1. The fourth-order valence-corrected chi connectivity index (χ4v) is 5.57. The quantitative estimate of drug-likeness (QED) is 0.373. The molecule has 4 aromatic rings. The van der Waals surface area contributed by atoms with Crippen LogP contribution in [-0.2, 0) is 6.54 Å². The first-order valence-corrected chi connectivity index (χ1v) is 12.0. The van der Waals surface area contributed by atoms with Crippen LogP contribution in [0.4, 0.5) is 5.82 Å². The van der Waals surface area contributed by atoms with Crippen molar-refractivity contribution >= 4 is 44.6 Å². The number of pyridine rings is 1. The Morgan fingerprint density at radius 2 is 2.00 bits per heavy atom. The molecule has 0 unspecified atom stereocenters. The van der Waals surface area contributed by atoms with Crippen molar-refractivity contribution in [3.8, 4) is 0 Å². The summed E-state index contributed by atoms with van der Waals surface area (Å²) in [5, 5.41) is 6.61. The van der Waals surface area contributed by atoms with Crippen LogP contribution < -0.4 is 5.32 Å². The smallest absolute Gasteiger partial charge is 0.264 e. The van der Waals surface area contributed by atoms with Gasteiger partial charge in [0, 0.05) is 30.4 Å². The Balaban J connectivity index is 1.66. The minimum atomic E-state index is 0.0241. The Kier molecular flexibility index (Phi) is 6.58. The van der Waals surface area contributed by atoms with Crippen molar-refractivity contribution in [2.45, 2.75) is 39.8 Å². The summed E-state index contributed by atoms with van der Waals surface area (Å²) in [6.07, 6.45) is 6.02. The monoisotopic (exact) mass is 451 g/mol. The van der Waals surface area contributed by atoms with E-state index in [2.05, 4.69) is 44.7 Å². The maximum atomic E-state index is 13.4. The topological polar surface area (TPSA) is 71.0 Å². The Morgan fingerprint density at radius 1 is 1.19 bits per heavy atom. The van der Waals surface area contributed by atoms with Gasteiger partial charge in [-0.1, -0.05) is 13.0 Å². The van der Waals surface area contributed by atoms with E-state index < -0.39 is 0 Å². The summed E-state index contributed by atoms with van der Waals surface area (Å²) in [6.45, 7) is 7.33. The molecular weight excluding hydrogens is 426 g/mol. The van der Waals surface area contributed by atoms with Crippen LogP contribution in [0.25, 0.3) is 10.2 Å². The van der Waals surface area contributed by atoms with Crippen LogP contribution in [0.5, 0.6) is 0 Å². The second kappa shape index (κ2) is 9.53. The predicted molar refractivity (Wildman–Crippen MR) is 128 cm³/mol. The third kappa shape index (κ3) is 4.45. The number of nitrogens with one attached hydrogen (secondary N) is 1. The second-order valence-electron chi connectivity index (χ2n) is 7.25. The van der Waals surface area contributed by atoms with Gasteiger partial charge in [0.1, 0.15) is 17.0 Å². The average molecular weight is 452 g/mol. The fraction of sp³-hybridized carbons (Fsp3) is 0.304. The molecular formula is C23H25N5OS2. The van der Waals surface area contributed by atoms with Crippen molar-refractivity contribution in [2.75, 3.05) is 11.9 Å². The van der Waals surface area contributed by atoms with E-state index in [1.54, 1.807) is 30.1 Å². The highest BCUT2D eigenvalue weighted by Gasteiger charge is 2.24. The molecule has 0 saturated carbocycles. The molecule has 0 radical (unpaired) electrons. The number of aromatic nitrogens is 3. The summed E-state index contributed by atoms with van der Waals surface area (Å²) < 4.78 is 0. The molecule has 6 nitrogen and oxygen atoms in total. The number of aryl methyl sites for hydroxylation is 1. The van der Waals surface area contributed by atoms with E-state index in [0.29, 0.717) is 13.1 Å². The van der Waals surface area contributed by atoms with E-state index in [0.717, 1.165) is 38.5 Å². The van der Waals surface area contributed by atoms with Gasteiger partial charge < -0.3 is 10.2 Å². The Labute approximate surface area is 190 Å². The van der Waals surface area contributed by atoms with Crippen LogP contribution in [-0.4, -0.2) is 32.3 Å². The van der Waals surface area contributed by atoms with Crippen LogP contribution in [0.15, 0.2) is 48.4 Å². The highest BCUT2D eigenvalue weighted by Crippen LogP contribution is 2.36. The van der Waals surface area contributed by atoms with Crippen molar-refractivity contribution in [3.63, 3.8) is 0 Å². The van der Waals surface area contributed by atoms with Crippen LogP contribution in [0, 0.1) is 6.92 Å². The first-order valence-electron chi connectivity index (χ1n) is 10.3. The molecule has 0 spiro atoms. The maximum absolute atomic E-state index is 13.4. The van der Waals surface area contributed by atoms with Crippen LogP contribution in [0.2, 0.25) is 0 Å². The van der Waals surface area contributed by atoms with Gasteiger partial charge in [-0.3, -0.25) is 9.78 Å². The van der Waals surface area contributed by atoms with Crippen molar-refractivity contribution in [2.24, 2.45) is 0 Å². The lowest BCUT2D eigenvalue weighted by atomic mass is 10.1. The summed E-state index contributed by atoms with van der Waals surface area (Å²) in [4.78, 5) is 31.1. The summed E-state index contributed by atoms with van der Waals surface area (Å²) in [6, 6.07) is 8.26. The van der Waals surface area contributed by atoms with Gasteiger partial charge in [0.2, 0.25) is 0 Å². The van der Waals surface area contributed by atoms with Crippen molar-refractivity contribution in [1.82, 2.24) is 19.9 Å². The third-order valence-corrected chi connectivity index (χ3v) is 7.49. The van der Waals surface area contributed by atoms with Crippen LogP contribution in [0.3, 0.4) is 0 Å². The highest BCUT2D eigenvalue weighted by atomic mass is 32.1. The SMILES string of the molecule is CC[C@@H](Nc1ncnc2sc(C(=O)N(CC)Cc3ccncc3)c(C)c12)c1cccs1. The molecule has 0 saturated heterocycles. The standard InChI is InChI=1S/C23H25N5OS2/c1-4-17(18-7-6-12-30-18)27-21-19-15(3)20(31-22(19)26-14-25-21)23(29)28(5-2)13-16-8-10-24-11-9-16/h6-12,14,17H,4-5,13H2,1-3H3,(H,25,26,27)/t17-/m1/s1. The number of fused-ring (bicyclic) bond motifs is 1. The molecule has 160 valence electrons. The average Bonchev–Trinajstić information content (AvgIpc) is 3.45. The highest BCUT2D eigenvalue weighted by molar-refractivity contribution is 7.20. The van der Waals surface area contributed by atoms with E-state index in [1.807, 2.05) is 30.9 Å². The van der Waals surface area contributed by atoms with Gasteiger partial charge >= 0.3 is 0 Å². The van der Waals surface area contributed by atoms with Crippen LogP contribution >= 0.6 is 22.7 Å². The molecule has 1 amide bonds. The molecule has 1 N–H and O–H groups in total. The minimum Gasteiger partial charge on any atom is -0.362 e. The second-order valence-corrected chi connectivity index (χ2v) is 9.23. The van der Waals surface area contributed by atoms with Gasteiger partial charge in [0.25, 0.3) is 5.91 Å². The number of thiophene rings is 2. The first kappa shape index (κ1) is 21.4. The molecule has 4 heterocycles. The molecule has 0 fully saturated rings. The number of amides is 1. The van der Waals surface area contributed by atoms with Gasteiger partial charge in [-0.25, -0.2) is 9.97 Å². The molecule has 0 bridgehead atoms. The molecule has 8 heteroatoms. The number of carbonyl (C=O) groups is 1.